The molecule has 0 bridgehead atoms. The topological polar surface area (TPSA) is 17.1 Å². The van der Waals surface area contributed by atoms with Gasteiger partial charge in [-0.25, -0.2) is 0 Å². The first-order chi connectivity index (χ1) is 8.45. The molecule has 0 heterocycles. The molecule has 1 nitrogen and oxygen atoms in total. The third kappa shape index (κ3) is 5.42. The van der Waals surface area contributed by atoms with Gasteiger partial charge in [-0.3, -0.25) is 0 Å². The summed E-state index contributed by atoms with van der Waals surface area (Å²) in [5, 5.41) is 0. The number of hydrogen-bond acceptors (Lipinski definition) is 1. The van der Waals surface area contributed by atoms with E-state index in [1.165, 1.54) is 11.1 Å². The van der Waals surface area contributed by atoms with Gasteiger partial charge < -0.3 is 4.79 Å². The van der Waals surface area contributed by atoms with Crippen molar-refractivity contribution in [3.8, 4) is 0 Å². The Balaban J connectivity index is 0.000000686. The van der Waals surface area contributed by atoms with Gasteiger partial charge >= 0.3 is 98.2 Å². The van der Waals surface area contributed by atoms with Crippen molar-refractivity contribution in [3.63, 3.8) is 0 Å². The molecule has 0 aliphatic carbocycles. The van der Waals surface area contributed by atoms with Gasteiger partial charge in [-0.2, -0.15) is 0 Å². The molecule has 0 aromatic heterocycles. The molecule has 0 spiro atoms. The summed E-state index contributed by atoms with van der Waals surface area (Å²) >= 11 is 0.00784. The SMILES string of the molecule is C=O.[CH](=[Pt]=[CH]c1ccccc1)c1ccccc1. The molecular formula is C15H14OPt. The second-order valence-electron chi connectivity index (χ2n) is 3.11. The second kappa shape index (κ2) is 8.66. The van der Waals surface area contributed by atoms with Crippen molar-refractivity contribution in [2.45, 2.75) is 0 Å². The molecule has 0 radical (unpaired) electrons. The minimum absolute atomic E-state index is 0.00784. The molecule has 0 amide bonds. The zero-order chi connectivity index (χ0) is 12.3. The van der Waals surface area contributed by atoms with Crippen LogP contribution in [-0.4, -0.2) is 15.6 Å². The Labute approximate surface area is 110 Å². The summed E-state index contributed by atoms with van der Waals surface area (Å²) in [4.78, 5) is 8.00. The molecule has 0 atom stereocenters. The van der Waals surface area contributed by atoms with Crippen LogP contribution in [0, 0.1) is 0 Å². The van der Waals surface area contributed by atoms with Crippen molar-refractivity contribution < 1.29 is 22.4 Å². The maximum atomic E-state index is 8.00. The fourth-order valence-corrected chi connectivity index (χ4v) is 3.11. The third-order valence-electron chi connectivity index (χ3n) is 1.92. The van der Waals surface area contributed by atoms with Crippen LogP contribution in [0.5, 0.6) is 0 Å². The molecule has 17 heavy (non-hydrogen) atoms. The van der Waals surface area contributed by atoms with Crippen LogP contribution in [0.15, 0.2) is 60.7 Å². The molecule has 0 fully saturated rings. The first-order valence-corrected chi connectivity index (χ1v) is 7.68. The summed E-state index contributed by atoms with van der Waals surface area (Å²) in [5.74, 6) is 0. The van der Waals surface area contributed by atoms with Crippen molar-refractivity contribution in [2.24, 2.45) is 0 Å². The second-order valence-corrected chi connectivity index (χ2v) is 5.18. The summed E-state index contributed by atoms with van der Waals surface area (Å²) in [6, 6.07) is 21.0. The zero-order valence-corrected chi connectivity index (χ0v) is 11.6. The van der Waals surface area contributed by atoms with Crippen molar-refractivity contribution in [1.29, 1.82) is 0 Å². The van der Waals surface area contributed by atoms with Crippen LogP contribution >= 0.6 is 0 Å². The van der Waals surface area contributed by atoms with E-state index >= 15 is 0 Å². The number of carbonyl (C=O) groups is 1. The predicted octanol–water partition coefficient (Wildman–Crippen LogP) is 2.59. The number of carbonyl (C=O) groups excluding carboxylic acids is 1. The minimum atomic E-state index is 0.00784. The van der Waals surface area contributed by atoms with Gasteiger partial charge in [0.25, 0.3) is 0 Å². The fourth-order valence-electron chi connectivity index (χ4n) is 1.18. The van der Waals surface area contributed by atoms with Gasteiger partial charge in [0, 0.05) is 0 Å². The molecule has 0 saturated heterocycles. The van der Waals surface area contributed by atoms with Crippen LogP contribution in [0.4, 0.5) is 0 Å². The van der Waals surface area contributed by atoms with Gasteiger partial charge in [-0.1, -0.05) is 0 Å². The first kappa shape index (κ1) is 13.6. The van der Waals surface area contributed by atoms with E-state index in [1.807, 2.05) is 6.79 Å². The van der Waals surface area contributed by atoms with Crippen LogP contribution in [0.3, 0.4) is 0 Å². The predicted molar refractivity (Wildman–Crippen MR) is 70.3 cm³/mol. The van der Waals surface area contributed by atoms with E-state index in [4.69, 9.17) is 4.79 Å². The van der Waals surface area contributed by atoms with Crippen molar-refractivity contribution in [1.82, 2.24) is 0 Å². The first-order valence-electron chi connectivity index (χ1n) is 5.05. The van der Waals surface area contributed by atoms with Gasteiger partial charge in [0.2, 0.25) is 0 Å². The van der Waals surface area contributed by atoms with Crippen LogP contribution in [0.25, 0.3) is 0 Å². The van der Waals surface area contributed by atoms with Crippen LogP contribution in [0.2, 0.25) is 0 Å². The van der Waals surface area contributed by atoms with E-state index in [0.29, 0.717) is 0 Å². The van der Waals surface area contributed by atoms with Gasteiger partial charge in [0.15, 0.2) is 0 Å². The fraction of sp³-hybridized carbons (Fsp3) is 0. The molecule has 2 aromatic rings. The molecule has 0 N–H and O–H groups in total. The number of rotatable bonds is 2. The van der Waals surface area contributed by atoms with Crippen LogP contribution in [0.1, 0.15) is 11.1 Å². The number of benzene rings is 2. The quantitative estimate of drug-likeness (QED) is 0.751. The van der Waals surface area contributed by atoms with Gasteiger partial charge in [-0.05, 0) is 0 Å². The van der Waals surface area contributed by atoms with E-state index < -0.39 is 0 Å². The molecule has 2 rings (SSSR count). The van der Waals surface area contributed by atoms with E-state index in [9.17, 15) is 0 Å². The van der Waals surface area contributed by atoms with Gasteiger partial charge in [0.1, 0.15) is 6.79 Å². The van der Waals surface area contributed by atoms with Crippen LogP contribution in [-0.2, 0) is 22.4 Å². The van der Waals surface area contributed by atoms with E-state index in [0.717, 1.165) is 0 Å². The Morgan fingerprint density at radius 1 is 0.706 bits per heavy atom. The standard InChI is InChI=1S/2C7H6.CH2O.Pt/c2*1-7-5-3-2-4-6-7;1-2;/h2*1-6H;1H2;. The van der Waals surface area contributed by atoms with E-state index in [2.05, 4.69) is 69.5 Å². The molecule has 2 heteroatoms. The zero-order valence-electron chi connectivity index (χ0n) is 9.36. The third-order valence-corrected chi connectivity index (χ3v) is 4.19. The van der Waals surface area contributed by atoms with Crippen molar-refractivity contribution in [3.05, 3.63) is 71.8 Å². The average Bonchev–Trinajstić information content (AvgIpc) is 2.43. The Morgan fingerprint density at radius 2 is 1.06 bits per heavy atom. The molecular weight excluding hydrogens is 391 g/mol. The summed E-state index contributed by atoms with van der Waals surface area (Å²) in [7, 11) is 0. The monoisotopic (exact) mass is 405 g/mol. The molecule has 0 aliphatic rings. The van der Waals surface area contributed by atoms with E-state index in [-0.39, 0.29) is 17.6 Å². The Hall–Kier alpha value is -1.46. The van der Waals surface area contributed by atoms with Crippen molar-refractivity contribution in [2.75, 3.05) is 0 Å². The molecule has 90 valence electrons. The molecule has 0 saturated carbocycles. The summed E-state index contributed by atoms with van der Waals surface area (Å²) in [5.41, 5.74) is 2.66. The van der Waals surface area contributed by atoms with E-state index in [1.54, 1.807) is 0 Å². The maximum absolute atomic E-state index is 8.00. The van der Waals surface area contributed by atoms with Crippen molar-refractivity contribution >= 4 is 15.6 Å². The summed E-state index contributed by atoms with van der Waals surface area (Å²) in [6.07, 6.45) is 0. The van der Waals surface area contributed by atoms with Gasteiger partial charge in [-0.15, -0.1) is 0 Å². The molecule has 0 aliphatic heterocycles. The summed E-state index contributed by atoms with van der Waals surface area (Å²) < 4.78 is 4.68. The molecule has 0 unspecified atom stereocenters. The summed E-state index contributed by atoms with van der Waals surface area (Å²) in [6.45, 7) is 2.00. The van der Waals surface area contributed by atoms with Gasteiger partial charge in [0.05, 0.1) is 0 Å². The average molecular weight is 405 g/mol. The Morgan fingerprint density at radius 3 is 1.41 bits per heavy atom. The number of hydrogen-bond donors (Lipinski definition) is 0. The Bertz CT molecular complexity index is 441. The Kier molecular flexibility index (Phi) is 6.93. The normalized spacial score (nSPS) is 8.94. The van der Waals surface area contributed by atoms with Crippen LogP contribution < -0.4 is 0 Å². The molecule has 2 aromatic carbocycles.